The van der Waals surface area contributed by atoms with E-state index in [0.717, 1.165) is 12.4 Å². The zero-order chi connectivity index (χ0) is 12.3. The second-order valence-corrected chi connectivity index (χ2v) is 4.92. The second-order valence-electron chi connectivity index (χ2n) is 4.92. The Morgan fingerprint density at radius 3 is 2.71 bits per heavy atom. The molecule has 0 bridgehead atoms. The van der Waals surface area contributed by atoms with E-state index in [1.807, 2.05) is 6.20 Å². The van der Waals surface area contributed by atoms with Crippen LogP contribution in [0.2, 0.25) is 0 Å². The lowest BCUT2D eigenvalue weighted by Crippen LogP contribution is -2.37. The predicted molar refractivity (Wildman–Crippen MR) is 72.4 cm³/mol. The minimum Gasteiger partial charge on any atom is -0.357 e. The Balaban J connectivity index is 2.01. The highest BCUT2D eigenvalue weighted by Crippen LogP contribution is 2.27. The van der Waals surface area contributed by atoms with Gasteiger partial charge in [-0.25, -0.2) is 4.98 Å². The Morgan fingerprint density at radius 1 is 1.47 bits per heavy atom. The van der Waals surface area contributed by atoms with Gasteiger partial charge in [0.05, 0.1) is 0 Å². The highest BCUT2D eigenvalue weighted by Gasteiger charge is 2.22. The molecule has 1 fully saturated rings. The summed E-state index contributed by atoms with van der Waals surface area (Å²) in [5.74, 6) is 1.10. The summed E-state index contributed by atoms with van der Waals surface area (Å²) in [6.45, 7) is 5.30. The van der Waals surface area contributed by atoms with Crippen LogP contribution in [0.5, 0.6) is 0 Å². The van der Waals surface area contributed by atoms with Gasteiger partial charge in [0, 0.05) is 25.3 Å². The molecule has 3 nitrogen and oxygen atoms in total. The predicted octanol–water partition coefficient (Wildman–Crippen LogP) is 2.74. The molecule has 0 aromatic carbocycles. The van der Waals surface area contributed by atoms with Crippen LogP contribution in [0.4, 0.5) is 5.82 Å². The lowest BCUT2D eigenvalue weighted by molar-refractivity contribution is 0.399. The van der Waals surface area contributed by atoms with Crippen molar-refractivity contribution >= 4 is 5.82 Å². The van der Waals surface area contributed by atoms with Crippen molar-refractivity contribution in [1.29, 1.82) is 0 Å². The SMILES string of the molecule is CCNC(C)c1ccc(N(C)C2CCC2)nc1. The molecule has 1 heterocycles. The van der Waals surface area contributed by atoms with Crippen molar-refractivity contribution in [2.75, 3.05) is 18.5 Å². The van der Waals surface area contributed by atoms with Crippen LogP contribution in [0.15, 0.2) is 18.3 Å². The highest BCUT2D eigenvalue weighted by molar-refractivity contribution is 5.40. The quantitative estimate of drug-likeness (QED) is 0.847. The molecular formula is C14H23N3. The Hall–Kier alpha value is -1.09. The Kier molecular flexibility index (Phi) is 4.00. The summed E-state index contributed by atoms with van der Waals surface area (Å²) in [7, 11) is 2.15. The average Bonchev–Trinajstić information content (AvgIpc) is 2.27. The van der Waals surface area contributed by atoms with E-state index in [2.05, 4.69) is 48.2 Å². The van der Waals surface area contributed by atoms with E-state index in [1.165, 1.54) is 24.8 Å². The first-order chi connectivity index (χ1) is 8.22. The van der Waals surface area contributed by atoms with Crippen molar-refractivity contribution in [3.05, 3.63) is 23.9 Å². The first-order valence-corrected chi connectivity index (χ1v) is 6.64. The first-order valence-electron chi connectivity index (χ1n) is 6.64. The standard InChI is InChI=1S/C14H23N3/c1-4-15-11(2)12-8-9-14(16-10-12)17(3)13-6-5-7-13/h8-11,13,15H,4-7H2,1-3H3. The molecule has 1 saturated carbocycles. The van der Waals surface area contributed by atoms with E-state index < -0.39 is 0 Å². The zero-order valence-corrected chi connectivity index (χ0v) is 11.1. The van der Waals surface area contributed by atoms with E-state index in [4.69, 9.17) is 0 Å². The molecule has 94 valence electrons. The fourth-order valence-electron chi connectivity index (χ4n) is 2.25. The number of hydrogen-bond donors (Lipinski definition) is 1. The third kappa shape index (κ3) is 2.78. The average molecular weight is 233 g/mol. The maximum Gasteiger partial charge on any atom is 0.128 e. The van der Waals surface area contributed by atoms with E-state index >= 15 is 0 Å². The summed E-state index contributed by atoms with van der Waals surface area (Å²) >= 11 is 0. The van der Waals surface area contributed by atoms with Gasteiger partial charge in [-0.05, 0) is 44.4 Å². The van der Waals surface area contributed by atoms with Crippen molar-refractivity contribution in [3.8, 4) is 0 Å². The molecule has 1 unspecified atom stereocenters. The molecule has 1 atom stereocenters. The monoisotopic (exact) mass is 233 g/mol. The summed E-state index contributed by atoms with van der Waals surface area (Å²) in [5, 5.41) is 3.40. The van der Waals surface area contributed by atoms with Crippen LogP contribution < -0.4 is 10.2 Å². The van der Waals surface area contributed by atoms with Gasteiger partial charge in [-0.15, -0.1) is 0 Å². The Labute approximate surface area is 104 Å². The fourth-order valence-corrected chi connectivity index (χ4v) is 2.25. The number of nitrogens with one attached hydrogen (secondary N) is 1. The molecule has 1 N–H and O–H groups in total. The molecule has 1 aliphatic rings. The van der Waals surface area contributed by atoms with Gasteiger partial charge in [0.2, 0.25) is 0 Å². The van der Waals surface area contributed by atoms with Crippen LogP contribution >= 0.6 is 0 Å². The lowest BCUT2D eigenvalue weighted by Gasteiger charge is -2.35. The van der Waals surface area contributed by atoms with Crippen molar-refractivity contribution in [1.82, 2.24) is 10.3 Å². The molecule has 1 aromatic rings. The zero-order valence-electron chi connectivity index (χ0n) is 11.1. The topological polar surface area (TPSA) is 28.2 Å². The van der Waals surface area contributed by atoms with Crippen LogP contribution in [0, 0.1) is 0 Å². The Bertz CT molecular complexity index is 343. The molecule has 0 aliphatic heterocycles. The molecule has 3 heteroatoms. The van der Waals surface area contributed by atoms with Crippen LogP contribution in [0.1, 0.15) is 44.7 Å². The molecule has 2 rings (SSSR count). The van der Waals surface area contributed by atoms with Gasteiger partial charge in [-0.2, -0.15) is 0 Å². The van der Waals surface area contributed by atoms with Gasteiger partial charge in [0.1, 0.15) is 5.82 Å². The Morgan fingerprint density at radius 2 is 2.24 bits per heavy atom. The molecule has 0 spiro atoms. The van der Waals surface area contributed by atoms with E-state index in [1.54, 1.807) is 0 Å². The van der Waals surface area contributed by atoms with E-state index in [0.29, 0.717) is 12.1 Å². The molecule has 0 amide bonds. The molecule has 1 aliphatic carbocycles. The molecule has 17 heavy (non-hydrogen) atoms. The first kappa shape index (κ1) is 12.4. The van der Waals surface area contributed by atoms with Crippen molar-refractivity contribution in [2.45, 2.75) is 45.2 Å². The highest BCUT2D eigenvalue weighted by atomic mass is 15.2. The minimum absolute atomic E-state index is 0.385. The van der Waals surface area contributed by atoms with Gasteiger partial charge in [0.15, 0.2) is 0 Å². The van der Waals surface area contributed by atoms with Crippen LogP contribution in [0.3, 0.4) is 0 Å². The fraction of sp³-hybridized carbons (Fsp3) is 0.643. The van der Waals surface area contributed by atoms with Crippen LogP contribution in [0.25, 0.3) is 0 Å². The second kappa shape index (κ2) is 5.50. The van der Waals surface area contributed by atoms with Crippen LogP contribution in [-0.2, 0) is 0 Å². The van der Waals surface area contributed by atoms with Gasteiger partial charge < -0.3 is 10.2 Å². The molecule has 0 saturated heterocycles. The number of pyridine rings is 1. The lowest BCUT2D eigenvalue weighted by atomic mass is 9.92. The summed E-state index contributed by atoms with van der Waals surface area (Å²) in [6, 6.07) is 5.42. The van der Waals surface area contributed by atoms with Crippen molar-refractivity contribution < 1.29 is 0 Å². The third-order valence-electron chi connectivity index (χ3n) is 3.76. The maximum absolute atomic E-state index is 4.57. The number of aromatic nitrogens is 1. The van der Waals surface area contributed by atoms with E-state index in [-0.39, 0.29) is 0 Å². The summed E-state index contributed by atoms with van der Waals surface area (Å²) in [4.78, 5) is 6.88. The number of nitrogens with zero attached hydrogens (tertiary/aromatic N) is 2. The van der Waals surface area contributed by atoms with Gasteiger partial charge in [-0.1, -0.05) is 13.0 Å². The molecule has 0 radical (unpaired) electrons. The summed E-state index contributed by atoms with van der Waals surface area (Å²) in [5.41, 5.74) is 1.26. The number of rotatable bonds is 5. The number of anilines is 1. The molecule has 1 aromatic heterocycles. The summed E-state index contributed by atoms with van der Waals surface area (Å²) < 4.78 is 0. The third-order valence-corrected chi connectivity index (χ3v) is 3.76. The van der Waals surface area contributed by atoms with Gasteiger partial charge in [-0.3, -0.25) is 0 Å². The summed E-state index contributed by atoms with van der Waals surface area (Å²) in [6.07, 6.45) is 5.99. The van der Waals surface area contributed by atoms with Gasteiger partial charge >= 0.3 is 0 Å². The minimum atomic E-state index is 0.385. The van der Waals surface area contributed by atoms with Gasteiger partial charge in [0.25, 0.3) is 0 Å². The van der Waals surface area contributed by atoms with Crippen molar-refractivity contribution in [3.63, 3.8) is 0 Å². The number of hydrogen-bond acceptors (Lipinski definition) is 3. The largest absolute Gasteiger partial charge is 0.357 e. The maximum atomic E-state index is 4.57. The van der Waals surface area contributed by atoms with E-state index in [9.17, 15) is 0 Å². The normalized spacial score (nSPS) is 17.6. The molecular weight excluding hydrogens is 210 g/mol. The van der Waals surface area contributed by atoms with Crippen LogP contribution in [-0.4, -0.2) is 24.6 Å². The van der Waals surface area contributed by atoms with Crippen molar-refractivity contribution in [2.24, 2.45) is 0 Å². The smallest absolute Gasteiger partial charge is 0.128 e.